The number of rotatable bonds is 10. The number of likely N-dealkylation sites (N-methyl/N-ethyl adjacent to an activating group) is 1. The number of carbonyl (C=O) groups excluding carboxylic acids is 1. The van der Waals surface area contributed by atoms with E-state index < -0.39 is 10.0 Å². The minimum absolute atomic E-state index is 0.0000442. The van der Waals surface area contributed by atoms with E-state index in [2.05, 4.69) is 14.6 Å². The number of aryl methyl sites for hydroxylation is 1. The molecule has 0 unspecified atom stereocenters. The summed E-state index contributed by atoms with van der Waals surface area (Å²) in [7, 11) is 1.42. The lowest BCUT2D eigenvalue weighted by atomic mass is 10.0. The number of carbonyl (C=O) groups is 1. The van der Waals surface area contributed by atoms with Crippen molar-refractivity contribution in [3.05, 3.63) is 66.1 Å². The van der Waals surface area contributed by atoms with E-state index in [1.165, 1.54) is 12.5 Å². The summed E-state index contributed by atoms with van der Waals surface area (Å²) in [5.41, 5.74) is 1.98. The zero-order valence-corrected chi connectivity index (χ0v) is 25.0. The van der Waals surface area contributed by atoms with E-state index in [1.54, 1.807) is 41.8 Å². The second-order valence-electron chi connectivity index (χ2n) is 10.7. The van der Waals surface area contributed by atoms with Gasteiger partial charge in [-0.1, -0.05) is 19.1 Å². The van der Waals surface area contributed by atoms with Gasteiger partial charge in [0.1, 0.15) is 17.6 Å². The quantitative estimate of drug-likeness (QED) is 0.372. The molecule has 2 heterocycles. The Morgan fingerprint density at radius 2 is 1.98 bits per heavy atom. The van der Waals surface area contributed by atoms with Gasteiger partial charge in [0.15, 0.2) is 5.03 Å². The number of methoxy groups -OCH3 is 1. The summed E-state index contributed by atoms with van der Waals surface area (Å²) >= 11 is 0. The van der Waals surface area contributed by atoms with Crippen LogP contribution in [-0.2, 0) is 34.8 Å². The molecule has 0 radical (unpaired) electrons. The van der Waals surface area contributed by atoms with Crippen LogP contribution >= 0.6 is 0 Å². The Morgan fingerprint density at radius 1 is 1.24 bits per heavy atom. The topological polar surface area (TPSA) is 126 Å². The molecule has 1 amide bonds. The van der Waals surface area contributed by atoms with Crippen LogP contribution in [0.25, 0.3) is 0 Å². The van der Waals surface area contributed by atoms with E-state index >= 15 is 0 Å². The third-order valence-corrected chi connectivity index (χ3v) is 8.49. The van der Waals surface area contributed by atoms with E-state index in [1.807, 2.05) is 45.2 Å². The number of aliphatic hydroxyl groups is 1. The Morgan fingerprint density at radius 3 is 2.61 bits per heavy atom. The van der Waals surface area contributed by atoms with Gasteiger partial charge in [-0.2, -0.15) is 8.42 Å². The van der Waals surface area contributed by atoms with Gasteiger partial charge in [0.2, 0.25) is 5.91 Å². The zero-order chi connectivity index (χ0) is 29.7. The molecule has 0 saturated carbocycles. The minimum Gasteiger partial charge on any atom is -0.497 e. The van der Waals surface area contributed by atoms with Crippen LogP contribution in [0.1, 0.15) is 25.0 Å². The maximum Gasteiger partial charge on any atom is 0.280 e. The summed E-state index contributed by atoms with van der Waals surface area (Å²) in [5.74, 6) is 1.10. The highest BCUT2D eigenvalue weighted by Crippen LogP contribution is 2.30. The second kappa shape index (κ2) is 12.9. The Kier molecular flexibility index (Phi) is 9.57. The molecule has 0 aliphatic carbocycles. The Hall–Kier alpha value is -3.61. The summed E-state index contributed by atoms with van der Waals surface area (Å²) in [6.45, 7) is 5.36. The number of aromatic nitrogens is 2. The van der Waals surface area contributed by atoms with Crippen LogP contribution in [0.3, 0.4) is 0 Å². The monoisotopic (exact) mass is 585 g/mol. The molecule has 3 atom stereocenters. The Labute approximate surface area is 241 Å². The molecule has 0 bridgehead atoms. The van der Waals surface area contributed by atoms with E-state index in [4.69, 9.17) is 9.47 Å². The number of fused-ring (bicyclic) bond motifs is 1. The van der Waals surface area contributed by atoms with Crippen LogP contribution < -0.4 is 14.2 Å². The molecule has 3 aromatic rings. The molecule has 0 spiro atoms. The predicted octanol–water partition coefficient (Wildman–Crippen LogP) is 2.51. The Balaban J connectivity index is 1.61. The lowest BCUT2D eigenvalue weighted by molar-refractivity contribution is -0.134. The lowest BCUT2D eigenvalue weighted by Crippen LogP contribution is -2.47. The first kappa shape index (κ1) is 30.4. The highest BCUT2D eigenvalue weighted by atomic mass is 32.2. The number of anilines is 1. The fourth-order valence-corrected chi connectivity index (χ4v) is 5.89. The largest absolute Gasteiger partial charge is 0.497 e. The maximum absolute atomic E-state index is 13.5. The number of nitrogens with zero attached hydrogens (tertiary/aromatic N) is 4. The first-order chi connectivity index (χ1) is 19.5. The van der Waals surface area contributed by atoms with E-state index in [0.29, 0.717) is 36.6 Å². The molecule has 1 aromatic heterocycles. The van der Waals surface area contributed by atoms with E-state index in [-0.39, 0.29) is 42.0 Å². The minimum atomic E-state index is -3.92. The average molecular weight is 586 g/mol. The number of sulfonamides is 1. The number of hydrogen-bond donors (Lipinski definition) is 2. The summed E-state index contributed by atoms with van der Waals surface area (Å²) < 4.78 is 41.7. The molecular formula is C29H39N5O6S. The van der Waals surface area contributed by atoms with Crippen molar-refractivity contribution in [2.24, 2.45) is 13.0 Å². The van der Waals surface area contributed by atoms with Gasteiger partial charge >= 0.3 is 0 Å². The van der Waals surface area contributed by atoms with Gasteiger partial charge in [-0.3, -0.25) is 14.4 Å². The summed E-state index contributed by atoms with van der Waals surface area (Å²) in [6.07, 6.45) is 2.54. The van der Waals surface area contributed by atoms with Crippen LogP contribution in [0.2, 0.25) is 0 Å². The van der Waals surface area contributed by atoms with Crippen LogP contribution in [0.5, 0.6) is 11.5 Å². The number of hydrogen-bond acceptors (Lipinski definition) is 8. The fourth-order valence-electron chi connectivity index (χ4n) is 4.86. The smallest absolute Gasteiger partial charge is 0.280 e. The van der Waals surface area contributed by atoms with Crippen molar-refractivity contribution in [2.75, 3.05) is 38.6 Å². The van der Waals surface area contributed by atoms with Crippen LogP contribution in [0.15, 0.2) is 60.0 Å². The van der Waals surface area contributed by atoms with Crippen molar-refractivity contribution in [1.82, 2.24) is 19.4 Å². The number of ether oxygens (including phenoxy) is 2. The molecule has 41 heavy (non-hydrogen) atoms. The normalized spacial score (nSPS) is 18.6. The van der Waals surface area contributed by atoms with Crippen molar-refractivity contribution in [3.8, 4) is 11.5 Å². The first-order valence-electron chi connectivity index (χ1n) is 13.5. The van der Waals surface area contributed by atoms with E-state index in [9.17, 15) is 18.3 Å². The second-order valence-corrected chi connectivity index (χ2v) is 12.4. The molecule has 11 nitrogen and oxygen atoms in total. The van der Waals surface area contributed by atoms with Gasteiger partial charge in [-0.05, 0) is 49.9 Å². The highest BCUT2D eigenvalue weighted by Gasteiger charge is 2.31. The highest BCUT2D eigenvalue weighted by molar-refractivity contribution is 7.92. The molecule has 2 N–H and O–H groups in total. The Bertz CT molecular complexity index is 1440. The number of aliphatic hydroxyl groups excluding tert-OH is 1. The molecule has 1 aliphatic rings. The fraction of sp³-hybridized carbons (Fsp3) is 0.448. The molecule has 222 valence electrons. The molecule has 2 aromatic carbocycles. The van der Waals surface area contributed by atoms with E-state index in [0.717, 1.165) is 11.3 Å². The van der Waals surface area contributed by atoms with Crippen molar-refractivity contribution >= 4 is 21.6 Å². The summed E-state index contributed by atoms with van der Waals surface area (Å²) in [5, 5.41) is 9.78. The van der Waals surface area contributed by atoms with Crippen molar-refractivity contribution in [1.29, 1.82) is 0 Å². The maximum atomic E-state index is 13.5. The molecule has 1 aliphatic heterocycles. The van der Waals surface area contributed by atoms with Crippen LogP contribution in [0, 0.1) is 5.92 Å². The number of benzene rings is 2. The molecule has 4 rings (SSSR count). The third-order valence-electron chi connectivity index (χ3n) is 7.23. The lowest BCUT2D eigenvalue weighted by Gasteiger charge is -2.34. The zero-order valence-electron chi connectivity index (χ0n) is 24.1. The van der Waals surface area contributed by atoms with Gasteiger partial charge in [0.05, 0.1) is 32.5 Å². The van der Waals surface area contributed by atoms with Gasteiger partial charge in [0.25, 0.3) is 10.0 Å². The van der Waals surface area contributed by atoms with Crippen molar-refractivity contribution in [3.63, 3.8) is 0 Å². The first-order valence-corrected chi connectivity index (χ1v) is 15.0. The SMILES string of the molecule is COc1ccc(CN(C)C[C@@H]2Oc3ccc(NS(=O)(=O)c4cn(C)cn4)cc3CC(=O)N([C@@H](C)CO)C[C@@H]2C)cc1. The standard InChI is InChI=1S/C29H39N5O6S/c1-20-14-34(21(2)18-35)29(36)13-23-12-24(31-41(37,38)28-17-33(4)19-30-28)8-11-26(23)40-27(20)16-32(3)15-22-6-9-25(39-5)10-7-22/h6-12,17,19-21,27,31,35H,13-16,18H2,1-5H3/t20-,21-,27-/m0/s1. The van der Waals surface area contributed by atoms with Crippen molar-refractivity contribution < 1.29 is 27.8 Å². The predicted molar refractivity (Wildman–Crippen MR) is 155 cm³/mol. The van der Waals surface area contributed by atoms with Crippen molar-refractivity contribution in [2.45, 2.75) is 44.0 Å². The number of nitrogens with one attached hydrogen (secondary N) is 1. The molecular weight excluding hydrogens is 546 g/mol. The molecule has 0 saturated heterocycles. The van der Waals surface area contributed by atoms with Gasteiger partial charge in [-0.15, -0.1) is 0 Å². The van der Waals surface area contributed by atoms with Gasteiger partial charge in [-0.25, -0.2) is 4.98 Å². The van der Waals surface area contributed by atoms with Crippen LogP contribution in [0.4, 0.5) is 5.69 Å². The summed E-state index contributed by atoms with van der Waals surface area (Å²) in [6, 6.07) is 12.5. The van der Waals surface area contributed by atoms with Gasteiger partial charge in [0, 0.05) is 50.0 Å². The van der Waals surface area contributed by atoms with Crippen LogP contribution in [-0.4, -0.2) is 84.8 Å². The average Bonchev–Trinajstić information content (AvgIpc) is 3.40. The molecule has 12 heteroatoms. The van der Waals surface area contributed by atoms with Gasteiger partial charge < -0.3 is 24.0 Å². The number of amides is 1. The summed E-state index contributed by atoms with van der Waals surface area (Å²) in [4.78, 5) is 21.2. The molecule has 0 fully saturated rings. The third kappa shape index (κ3) is 7.57. The number of imidazole rings is 1.